The number of aliphatic hydroxyl groups is 1. The highest BCUT2D eigenvalue weighted by atomic mass is 16.3. The van der Waals surface area contributed by atoms with E-state index in [-0.39, 0.29) is 17.5 Å². The summed E-state index contributed by atoms with van der Waals surface area (Å²) in [6.07, 6.45) is 2.79. The minimum atomic E-state index is -0.517. The number of aliphatic hydroxyl groups excluding tert-OH is 1. The molecule has 9 nitrogen and oxygen atoms in total. The molecule has 0 spiro atoms. The van der Waals surface area contributed by atoms with Crippen LogP contribution in [0.3, 0.4) is 0 Å². The first-order valence-corrected chi connectivity index (χ1v) is 10.8. The standard InChI is InChI=1S/C24H28N6O3/c1-14-17(4-3-5-18(14)22(26)32)20-13-29(2)24(33)23(28-20)27-15-6-7-21(19(25)12-15)30-10-8-16(31)9-11-30/h3-7,12-13,16,31H,8-11,25H2,1-2H3,(H2,26,32)(H,27,28). The van der Waals surface area contributed by atoms with E-state index in [0.717, 1.165) is 18.8 Å². The van der Waals surface area contributed by atoms with Gasteiger partial charge in [0.15, 0.2) is 5.82 Å². The Morgan fingerprint density at radius 1 is 1.21 bits per heavy atom. The first-order chi connectivity index (χ1) is 15.7. The van der Waals surface area contributed by atoms with Gasteiger partial charge in [-0.1, -0.05) is 12.1 Å². The number of nitrogens with zero attached hydrogens (tertiary/aromatic N) is 3. The first-order valence-electron chi connectivity index (χ1n) is 10.8. The molecule has 2 heterocycles. The van der Waals surface area contributed by atoms with Crippen LogP contribution >= 0.6 is 0 Å². The Morgan fingerprint density at radius 2 is 1.94 bits per heavy atom. The third-order valence-corrected chi connectivity index (χ3v) is 6.04. The molecule has 0 unspecified atom stereocenters. The summed E-state index contributed by atoms with van der Waals surface area (Å²) in [6.45, 7) is 3.28. The van der Waals surface area contributed by atoms with Gasteiger partial charge in [-0.15, -0.1) is 0 Å². The number of piperidine rings is 1. The topological polar surface area (TPSA) is 140 Å². The van der Waals surface area contributed by atoms with Crippen molar-refractivity contribution in [3.05, 3.63) is 64.1 Å². The number of hydrogen-bond donors (Lipinski definition) is 4. The normalized spacial score (nSPS) is 14.3. The Labute approximate surface area is 191 Å². The highest BCUT2D eigenvalue weighted by Crippen LogP contribution is 2.30. The average Bonchev–Trinajstić information content (AvgIpc) is 2.77. The van der Waals surface area contributed by atoms with E-state index >= 15 is 0 Å². The van der Waals surface area contributed by atoms with E-state index < -0.39 is 5.91 Å². The molecular weight excluding hydrogens is 420 g/mol. The molecule has 33 heavy (non-hydrogen) atoms. The zero-order chi connectivity index (χ0) is 23.7. The molecule has 1 saturated heterocycles. The molecule has 1 fully saturated rings. The number of carbonyl (C=O) groups excluding carboxylic acids is 1. The van der Waals surface area contributed by atoms with Crippen molar-refractivity contribution in [3.63, 3.8) is 0 Å². The van der Waals surface area contributed by atoms with Crippen molar-refractivity contribution < 1.29 is 9.90 Å². The van der Waals surface area contributed by atoms with Crippen molar-refractivity contribution in [1.82, 2.24) is 9.55 Å². The summed E-state index contributed by atoms with van der Waals surface area (Å²) in [5.41, 5.74) is 16.0. The number of nitrogens with one attached hydrogen (secondary N) is 1. The average molecular weight is 449 g/mol. The highest BCUT2D eigenvalue weighted by Gasteiger charge is 2.19. The predicted octanol–water partition coefficient (Wildman–Crippen LogP) is 2.14. The number of aryl methyl sites for hydroxylation is 1. The number of hydrogen-bond acceptors (Lipinski definition) is 7. The van der Waals surface area contributed by atoms with Crippen LogP contribution in [0.4, 0.5) is 22.9 Å². The van der Waals surface area contributed by atoms with Crippen molar-refractivity contribution in [2.45, 2.75) is 25.9 Å². The molecule has 172 valence electrons. The quantitative estimate of drug-likeness (QED) is 0.439. The van der Waals surface area contributed by atoms with Gasteiger partial charge in [0.25, 0.3) is 5.56 Å². The first kappa shape index (κ1) is 22.3. The van der Waals surface area contributed by atoms with Gasteiger partial charge in [-0.3, -0.25) is 9.59 Å². The van der Waals surface area contributed by atoms with E-state index in [1.165, 1.54) is 4.57 Å². The molecule has 0 atom stereocenters. The van der Waals surface area contributed by atoms with Crippen LogP contribution in [0.5, 0.6) is 0 Å². The second-order valence-electron chi connectivity index (χ2n) is 8.35. The molecule has 1 aromatic heterocycles. The van der Waals surface area contributed by atoms with Gasteiger partial charge in [-0.25, -0.2) is 4.98 Å². The van der Waals surface area contributed by atoms with Gasteiger partial charge in [0.05, 0.1) is 23.2 Å². The molecule has 1 aliphatic heterocycles. The minimum absolute atomic E-state index is 0.145. The summed E-state index contributed by atoms with van der Waals surface area (Å²) >= 11 is 0. The Bertz CT molecular complexity index is 1260. The van der Waals surface area contributed by atoms with E-state index in [9.17, 15) is 14.7 Å². The number of rotatable bonds is 5. The fourth-order valence-corrected chi connectivity index (χ4v) is 4.16. The Balaban J connectivity index is 1.65. The summed E-state index contributed by atoms with van der Waals surface area (Å²) in [4.78, 5) is 31.2. The minimum Gasteiger partial charge on any atom is -0.397 e. The number of aromatic nitrogens is 2. The van der Waals surface area contributed by atoms with E-state index in [1.807, 2.05) is 18.2 Å². The lowest BCUT2D eigenvalue weighted by atomic mass is 10.00. The van der Waals surface area contributed by atoms with Crippen molar-refractivity contribution in [2.24, 2.45) is 12.8 Å². The van der Waals surface area contributed by atoms with E-state index in [4.69, 9.17) is 11.5 Å². The molecule has 0 bridgehead atoms. The number of anilines is 4. The highest BCUT2D eigenvalue weighted by molar-refractivity contribution is 5.96. The SMILES string of the molecule is Cc1c(C(N)=O)cccc1-c1cn(C)c(=O)c(Nc2ccc(N3CCC(O)CC3)c(N)c2)n1. The molecule has 3 aromatic rings. The summed E-state index contributed by atoms with van der Waals surface area (Å²) in [5, 5.41) is 12.8. The predicted molar refractivity (Wildman–Crippen MR) is 130 cm³/mol. The fraction of sp³-hybridized carbons (Fsp3) is 0.292. The maximum Gasteiger partial charge on any atom is 0.293 e. The molecule has 0 saturated carbocycles. The van der Waals surface area contributed by atoms with E-state index in [0.29, 0.717) is 46.6 Å². The zero-order valence-electron chi connectivity index (χ0n) is 18.7. The molecule has 1 amide bonds. The number of nitrogens with two attached hydrogens (primary N) is 2. The van der Waals surface area contributed by atoms with Crippen molar-refractivity contribution in [3.8, 4) is 11.3 Å². The zero-order valence-corrected chi connectivity index (χ0v) is 18.7. The van der Waals surface area contributed by atoms with Crippen molar-refractivity contribution in [1.29, 1.82) is 0 Å². The van der Waals surface area contributed by atoms with E-state index in [2.05, 4.69) is 15.2 Å². The van der Waals surface area contributed by atoms with Crippen LogP contribution < -0.4 is 27.2 Å². The lowest BCUT2D eigenvalue weighted by Gasteiger charge is -2.32. The third kappa shape index (κ3) is 4.54. The Morgan fingerprint density at radius 3 is 2.61 bits per heavy atom. The van der Waals surface area contributed by atoms with Gasteiger partial charge in [0.1, 0.15) is 0 Å². The van der Waals surface area contributed by atoms with Crippen LogP contribution in [0.25, 0.3) is 11.3 Å². The van der Waals surface area contributed by atoms with Crippen molar-refractivity contribution >= 4 is 28.8 Å². The number of amides is 1. The van der Waals surface area contributed by atoms with Crippen LogP contribution in [0.1, 0.15) is 28.8 Å². The summed E-state index contributed by atoms with van der Waals surface area (Å²) in [6, 6.07) is 10.8. The van der Waals surface area contributed by atoms with Crippen LogP contribution in [-0.4, -0.2) is 39.8 Å². The van der Waals surface area contributed by atoms with Crippen molar-refractivity contribution in [2.75, 3.05) is 29.0 Å². The maximum atomic E-state index is 12.7. The molecule has 2 aromatic carbocycles. The maximum absolute atomic E-state index is 12.7. The summed E-state index contributed by atoms with van der Waals surface area (Å²) in [5.74, 6) is -0.372. The van der Waals surface area contributed by atoms with Crippen LogP contribution in [0.15, 0.2) is 47.4 Å². The van der Waals surface area contributed by atoms with Gasteiger partial charge in [-0.05, 0) is 49.6 Å². The van der Waals surface area contributed by atoms with Crippen LogP contribution in [0.2, 0.25) is 0 Å². The molecule has 0 radical (unpaired) electrons. The number of nitrogen functional groups attached to an aromatic ring is 1. The van der Waals surface area contributed by atoms with Gasteiger partial charge < -0.3 is 31.4 Å². The number of primary amides is 1. The second kappa shape index (κ2) is 8.95. The number of benzene rings is 2. The third-order valence-electron chi connectivity index (χ3n) is 6.04. The monoisotopic (exact) mass is 448 g/mol. The van der Waals surface area contributed by atoms with Gasteiger partial charge in [0.2, 0.25) is 5.91 Å². The Hall–Kier alpha value is -3.85. The van der Waals surface area contributed by atoms with Gasteiger partial charge in [0, 0.05) is 43.1 Å². The molecule has 0 aliphatic carbocycles. The molecular formula is C24H28N6O3. The van der Waals surface area contributed by atoms with Crippen LogP contribution in [0, 0.1) is 6.92 Å². The fourth-order valence-electron chi connectivity index (χ4n) is 4.16. The molecule has 1 aliphatic rings. The summed E-state index contributed by atoms with van der Waals surface area (Å²) in [7, 11) is 1.65. The second-order valence-corrected chi connectivity index (χ2v) is 8.35. The number of carbonyl (C=O) groups is 1. The molecule has 6 N–H and O–H groups in total. The van der Waals surface area contributed by atoms with Gasteiger partial charge >= 0.3 is 0 Å². The van der Waals surface area contributed by atoms with E-state index in [1.54, 1.807) is 38.4 Å². The Kier molecular flexibility index (Phi) is 6.06. The smallest absolute Gasteiger partial charge is 0.293 e. The lowest BCUT2D eigenvalue weighted by Crippen LogP contribution is -2.36. The van der Waals surface area contributed by atoms with Gasteiger partial charge in [-0.2, -0.15) is 0 Å². The molecule has 9 heteroatoms. The largest absolute Gasteiger partial charge is 0.397 e. The lowest BCUT2D eigenvalue weighted by molar-refractivity contribution is 0.0999. The molecule has 4 rings (SSSR count). The van der Waals surface area contributed by atoms with Crippen LogP contribution in [-0.2, 0) is 7.05 Å². The summed E-state index contributed by atoms with van der Waals surface area (Å²) < 4.78 is 1.44.